The fourth-order valence-corrected chi connectivity index (χ4v) is 4.49. The normalized spacial score (nSPS) is 16.2. The maximum absolute atomic E-state index is 13.9. The lowest BCUT2D eigenvalue weighted by atomic mass is 9.94. The molecule has 0 spiro atoms. The zero-order chi connectivity index (χ0) is 24.5. The minimum absolute atomic E-state index is 0.0103. The molecule has 0 radical (unpaired) electrons. The van der Waals surface area contributed by atoms with Gasteiger partial charge in [0.25, 0.3) is 0 Å². The Labute approximate surface area is 203 Å². The molecule has 3 rings (SSSR count). The number of hydrogen-bond acceptors (Lipinski definition) is 5. The van der Waals surface area contributed by atoms with Gasteiger partial charge in [-0.05, 0) is 48.6 Å². The van der Waals surface area contributed by atoms with E-state index in [-0.39, 0.29) is 30.4 Å². The number of benzene rings is 2. The molecule has 0 aliphatic carbocycles. The van der Waals surface area contributed by atoms with E-state index in [2.05, 4.69) is 12.2 Å². The number of rotatable bonds is 11. The summed E-state index contributed by atoms with van der Waals surface area (Å²) in [5.74, 6) is -0.328. The second-order valence-corrected chi connectivity index (χ2v) is 8.94. The summed E-state index contributed by atoms with van der Waals surface area (Å²) < 4.78 is 10.8. The molecule has 1 aliphatic rings. The SMILES string of the molecule is CC[C@@H](C(=O)N(Cc1cc(NC(=O)COC)ccc1N(C)C)C[C@H]1CCCO1)c1ccccc1. The first-order valence-electron chi connectivity index (χ1n) is 12.0. The molecule has 2 aromatic rings. The van der Waals surface area contributed by atoms with Crippen molar-refractivity contribution in [2.24, 2.45) is 0 Å². The average molecular weight is 468 g/mol. The first-order valence-corrected chi connectivity index (χ1v) is 12.0. The number of hydrogen-bond donors (Lipinski definition) is 1. The van der Waals surface area contributed by atoms with Crippen molar-refractivity contribution < 1.29 is 19.1 Å². The molecular weight excluding hydrogens is 430 g/mol. The van der Waals surface area contributed by atoms with E-state index < -0.39 is 0 Å². The highest BCUT2D eigenvalue weighted by Gasteiger charge is 2.29. The number of amides is 2. The zero-order valence-electron chi connectivity index (χ0n) is 20.8. The molecule has 2 aromatic carbocycles. The van der Waals surface area contributed by atoms with Gasteiger partial charge in [0, 0.05) is 52.3 Å². The van der Waals surface area contributed by atoms with Crippen LogP contribution >= 0.6 is 0 Å². The van der Waals surface area contributed by atoms with Crippen LogP contribution in [-0.2, 0) is 25.6 Å². The molecule has 0 bridgehead atoms. The van der Waals surface area contributed by atoms with Gasteiger partial charge in [0.05, 0.1) is 12.0 Å². The van der Waals surface area contributed by atoms with E-state index in [9.17, 15) is 9.59 Å². The summed E-state index contributed by atoms with van der Waals surface area (Å²) in [4.78, 5) is 29.9. The molecule has 34 heavy (non-hydrogen) atoms. The lowest BCUT2D eigenvalue weighted by Crippen LogP contribution is -2.40. The van der Waals surface area contributed by atoms with Gasteiger partial charge in [0.1, 0.15) is 6.61 Å². The summed E-state index contributed by atoms with van der Waals surface area (Å²) in [7, 11) is 5.45. The van der Waals surface area contributed by atoms with Crippen LogP contribution in [0.5, 0.6) is 0 Å². The Balaban J connectivity index is 1.91. The molecule has 1 N–H and O–H groups in total. The van der Waals surface area contributed by atoms with E-state index in [0.29, 0.717) is 18.8 Å². The van der Waals surface area contributed by atoms with E-state index in [0.717, 1.165) is 42.7 Å². The van der Waals surface area contributed by atoms with E-state index in [1.54, 1.807) is 0 Å². The van der Waals surface area contributed by atoms with Gasteiger partial charge in [-0.25, -0.2) is 0 Å². The molecule has 1 saturated heterocycles. The Hall–Kier alpha value is -2.90. The minimum atomic E-state index is -0.214. The molecule has 1 heterocycles. The summed E-state index contributed by atoms with van der Waals surface area (Å²) in [6, 6.07) is 15.8. The fraction of sp³-hybridized carbons (Fsp3) is 0.481. The Kier molecular flexibility index (Phi) is 9.48. The van der Waals surface area contributed by atoms with Crippen molar-refractivity contribution in [2.45, 2.75) is 44.8 Å². The molecule has 0 aromatic heterocycles. The molecule has 184 valence electrons. The van der Waals surface area contributed by atoms with Crippen LogP contribution in [-0.4, -0.2) is 63.8 Å². The summed E-state index contributed by atoms with van der Waals surface area (Å²) in [6.45, 7) is 3.77. The second-order valence-electron chi connectivity index (χ2n) is 8.94. The third-order valence-electron chi connectivity index (χ3n) is 6.15. The Morgan fingerprint density at radius 2 is 1.94 bits per heavy atom. The number of carbonyl (C=O) groups is 2. The van der Waals surface area contributed by atoms with Crippen molar-refractivity contribution >= 4 is 23.2 Å². The van der Waals surface area contributed by atoms with Gasteiger partial charge >= 0.3 is 0 Å². The molecule has 7 nitrogen and oxygen atoms in total. The van der Waals surface area contributed by atoms with Crippen LogP contribution in [0.1, 0.15) is 43.2 Å². The molecule has 7 heteroatoms. The van der Waals surface area contributed by atoms with Crippen LogP contribution in [0.2, 0.25) is 0 Å². The maximum Gasteiger partial charge on any atom is 0.250 e. The van der Waals surface area contributed by atoms with E-state index >= 15 is 0 Å². The monoisotopic (exact) mass is 467 g/mol. The van der Waals surface area contributed by atoms with Crippen LogP contribution in [0.25, 0.3) is 0 Å². The number of carbonyl (C=O) groups excluding carboxylic acids is 2. The third kappa shape index (κ3) is 6.81. The smallest absolute Gasteiger partial charge is 0.250 e. The molecule has 1 fully saturated rings. The van der Waals surface area contributed by atoms with Gasteiger partial charge < -0.3 is 24.6 Å². The minimum Gasteiger partial charge on any atom is -0.377 e. The summed E-state index contributed by atoms with van der Waals surface area (Å²) in [5.41, 5.74) is 3.68. The molecular formula is C27H37N3O4. The van der Waals surface area contributed by atoms with Crippen molar-refractivity contribution in [1.29, 1.82) is 0 Å². The summed E-state index contributed by atoms with van der Waals surface area (Å²) in [6.07, 6.45) is 2.74. The Bertz CT molecular complexity index is 942. The summed E-state index contributed by atoms with van der Waals surface area (Å²) >= 11 is 0. The summed E-state index contributed by atoms with van der Waals surface area (Å²) in [5, 5.41) is 2.87. The number of nitrogens with one attached hydrogen (secondary N) is 1. The zero-order valence-corrected chi connectivity index (χ0v) is 20.8. The van der Waals surface area contributed by atoms with Crippen molar-refractivity contribution in [2.75, 3.05) is 51.2 Å². The Morgan fingerprint density at radius 1 is 1.18 bits per heavy atom. The van der Waals surface area contributed by atoms with Crippen molar-refractivity contribution in [3.05, 3.63) is 59.7 Å². The second kappa shape index (κ2) is 12.5. The quantitative estimate of drug-likeness (QED) is 0.540. The van der Waals surface area contributed by atoms with Crippen LogP contribution in [0.3, 0.4) is 0 Å². The molecule has 1 aliphatic heterocycles. The molecule has 2 atom stereocenters. The lowest BCUT2D eigenvalue weighted by Gasteiger charge is -2.31. The maximum atomic E-state index is 13.9. The van der Waals surface area contributed by atoms with Gasteiger partial charge in [0.2, 0.25) is 11.8 Å². The van der Waals surface area contributed by atoms with Crippen LogP contribution in [0.4, 0.5) is 11.4 Å². The van der Waals surface area contributed by atoms with E-state index in [1.807, 2.05) is 72.4 Å². The Morgan fingerprint density at radius 3 is 2.56 bits per heavy atom. The van der Waals surface area contributed by atoms with Crippen LogP contribution in [0.15, 0.2) is 48.5 Å². The average Bonchev–Trinajstić information content (AvgIpc) is 3.33. The predicted octanol–water partition coefficient (Wildman–Crippen LogP) is 4.04. The highest BCUT2D eigenvalue weighted by atomic mass is 16.5. The van der Waals surface area contributed by atoms with Gasteiger partial charge in [-0.15, -0.1) is 0 Å². The van der Waals surface area contributed by atoms with Gasteiger partial charge in [-0.2, -0.15) is 0 Å². The first kappa shape index (κ1) is 25.7. The predicted molar refractivity (Wildman–Crippen MR) is 135 cm³/mol. The number of methoxy groups -OCH3 is 1. The highest BCUT2D eigenvalue weighted by molar-refractivity contribution is 5.92. The van der Waals surface area contributed by atoms with Gasteiger partial charge in [-0.3, -0.25) is 9.59 Å². The van der Waals surface area contributed by atoms with E-state index in [1.165, 1.54) is 7.11 Å². The topological polar surface area (TPSA) is 71.1 Å². The molecule has 0 saturated carbocycles. The standard InChI is InChI=1S/C27H37N3O4/c1-5-24(20-10-7-6-8-11-20)27(32)30(18-23-12-9-15-34-23)17-21-16-22(28-26(31)19-33-4)13-14-25(21)29(2)3/h6-8,10-11,13-14,16,23-24H,5,9,12,15,17-19H2,1-4H3,(H,28,31)/t23-,24-/m1/s1. The highest BCUT2D eigenvalue weighted by Crippen LogP contribution is 2.29. The van der Waals surface area contributed by atoms with E-state index in [4.69, 9.17) is 9.47 Å². The number of ether oxygens (including phenoxy) is 2. The lowest BCUT2D eigenvalue weighted by molar-refractivity contribution is -0.135. The van der Waals surface area contributed by atoms with Gasteiger partial charge in [0.15, 0.2) is 0 Å². The van der Waals surface area contributed by atoms with Crippen molar-refractivity contribution in [3.63, 3.8) is 0 Å². The van der Waals surface area contributed by atoms with Crippen molar-refractivity contribution in [3.8, 4) is 0 Å². The molecule has 2 amide bonds. The van der Waals surface area contributed by atoms with Crippen molar-refractivity contribution in [1.82, 2.24) is 4.90 Å². The van der Waals surface area contributed by atoms with Crippen LogP contribution in [0, 0.1) is 0 Å². The number of nitrogens with zero attached hydrogens (tertiary/aromatic N) is 2. The first-order chi connectivity index (χ1) is 16.4. The van der Waals surface area contributed by atoms with Crippen LogP contribution < -0.4 is 10.2 Å². The number of anilines is 2. The van der Waals surface area contributed by atoms with Gasteiger partial charge in [-0.1, -0.05) is 37.3 Å². The largest absolute Gasteiger partial charge is 0.377 e. The molecule has 0 unspecified atom stereocenters. The third-order valence-corrected chi connectivity index (χ3v) is 6.15. The fourth-order valence-electron chi connectivity index (χ4n) is 4.49.